The van der Waals surface area contributed by atoms with E-state index in [1.807, 2.05) is 6.92 Å². The number of thiophene rings is 2. The Bertz CT molecular complexity index is 1360. The first-order valence-electron chi connectivity index (χ1n) is 12.3. The second-order valence-corrected chi connectivity index (χ2v) is 11.9. The van der Waals surface area contributed by atoms with Crippen LogP contribution < -0.4 is 16.8 Å². The molecule has 14 heteroatoms. The molecule has 3 aromatic heterocycles. The molecule has 3 amide bonds. The molecule has 0 saturated carbocycles. The Hall–Kier alpha value is -3.67. The second-order valence-electron chi connectivity index (χ2n) is 9.62. The molecule has 2 aliphatic rings. The molecule has 198 valence electrons. The molecule has 1 unspecified atom stereocenters. The lowest BCUT2D eigenvalue weighted by Crippen LogP contribution is -2.45. The maximum atomic E-state index is 12.9. The van der Waals surface area contributed by atoms with Crippen LogP contribution in [0.2, 0.25) is 0 Å². The summed E-state index contributed by atoms with van der Waals surface area (Å²) in [5.41, 5.74) is 12.0. The largest absolute Gasteiger partial charge is 0.365 e. The number of nitrogens with two attached hydrogens (primary N) is 2. The van der Waals surface area contributed by atoms with E-state index >= 15 is 0 Å². The third kappa shape index (κ3) is 4.46. The first kappa shape index (κ1) is 26.0. The first-order chi connectivity index (χ1) is 18.2. The topological polar surface area (TPSA) is 197 Å². The number of aromatic nitrogens is 4. The number of hydrogen-bond donors (Lipinski definition) is 4. The number of hydrogen-bond acceptors (Lipinski definition) is 10. The Morgan fingerprint density at radius 1 is 1.21 bits per heavy atom. The van der Waals surface area contributed by atoms with Crippen molar-refractivity contribution in [2.24, 2.45) is 11.5 Å². The maximum absolute atomic E-state index is 12.9. The number of nitrogens with one attached hydrogen (secondary N) is 2. The Labute approximate surface area is 226 Å². The van der Waals surface area contributed by atoms with Crippen molar-refractivity contribution < 1.29 is 14.4 Å². The Balaban J connectivity index is 1.56. The molecule has 0 radical (unpaired) electrons. The van der Waals surface area contributed by atoms with Gasteiger partial charge in [-0.1, -0.05) is 5.21 Å². The molecule has 4 heterocycles. The summed E-state index contributed by atoms with van der Waals surface area (Å²) in [6.07, 6.45) is 3.18. The SMILES string of the molecule is C[C@@H](CC1(c2nn[nH]n2)c2cc(C(N)=O)sc2CCc2sc(C(N)=O)cc21)NCC(=O)N1CCCC1C#N. The number of rotatable bonds is 8. The zero-order valence-corrected chi connectivity index (χ0v) is 22.3. The van der Waals surface area contributed by atoms with E-state index in [0.29, 0.717) is 47.8 Å². The van der Waals surface area contributed by atoms with Crippen molar-refractivity contribution in [3.05, 3.63) is 48.6 Å². The molecule has 2 atom stereocenters. The highest BCUT2D eigenvalue weighted by molar-refractivity contribution is 7.15. The van der Waals surface area contributed by atoms with E-state index in [1.165, 1.54) is 22.7 Å². The number of carbonyl (C=O) groups excluding carboxylic acids is 3. The fourth-order valence-electron chi connectivity index (χ4n) is 5.55. The van der Waals surface area contributed by atoms with Crippen molar-refractivity contribution in [2.75, 3.05) is 13.1 Å². The van der Waals surface area contributed by atoms with Crippen LogP contribution in [0.5, 0.6) is 0 Å². The standard InChI is InChI=1S/C24H27N9O3S2/c1-12(28-11-20(34)33-6-2-3-13(33)10-25)9-24(23-29-31-32-30-23)14-7-18(21(26)35)37-16(14)4-5-17-15(24)8-19(38-17)22(27)36/h7-8,12-13,28H,2-6,9,11H2,1H3,(H2,26,35)(H2,27,36)(H,29,30,31,32)/t12-,13?/m0/s1. The van der Waals surface area contributed by atoms with E-state index in [2.05, 4.69) is 32.0 Å². The first-order valence-corrected chi connectivity index (χ1v) is 13.9. The molecule has 38 heavy (non-hydrogen) atoms. The summed E-state index contributed by atoms with van der Waals surface area (Å²) in [7, 11) is 0. The molecule has 0 aromatic carbocycles. The fraction of sp³-hybridized carbons (Fsp3) is 0.458. The molecule has 0 spiro atoms. The Morgan fingerprint density at radius 2 is 1.84 bits per heavy atom. The van der Waals surface area contributed by atoms with Crippen molar-refractivity contribution in [3.63, 3.8) is 0 Å². The quantitative estimate of drug-likeness (QED) is 0.314. The summed E-state index contributed by atoms with van der Waals surface area (Å²) >= 11 is 2.69. The van der Waals surface area contributed by atoms with Crippen molar-refractivity contribution in [2.45, 2.75) is 56.5 Å². The van der Waals surface area contributed by atoms with E-state index in [4.69, 9.17) is 11.5 Å². The summed E-state index contributed by atoms with van der Waals surface area (Å²) in [4.78, 5) is 41.6. The van der Waals surface area contributed by atoms with Gasteiger partial charge in [-0.2, -0.15) is 10.5 Å². The number of nitriles is 1. The molecule has 1 fully saturated rings. The van der Waals surface area contributed by atoms with Crippen molar-refractivity contribution in [3.8, 4) is 6.07 Å². The van der Waals surface area contributed by atoms with Gasteiger partial charge in [0.15, 0.2) is 5.82 Å². The van der Waals surface area contributed by atoms with Gasteiger partial charge in [0.2, 0.25) is 5.91 Å². The minimum Gasteiger partial charge on any atom is -0.365 e. The number of tetrazole rings is 1. The van der Waals surface area contributed by atoms with Crippen molar-refractivity contribution in [1.82, 2.24) is 30.8 Å². The predicted molar refractivity (Wildman–Crippen MR) is 140 cm³/mol. The van der Waals surface area contributed by atoms with E-state index < -0.39 is 23.3 Å². The molecular formula is C24H27N9O3S2. The number of likely N-dealkylation sites (tertiary alicyclic amines) is 1. The lowest BCUT2D eigenvalue weighted by molar-refractivity contribution is -0.130. The second kappa shape index (κ2) is 10.2. The summed E-state index contributed by atoms with van der Waals surface area (Å²) in [6, 6.07) is 5.14. The lowest BCUT2D eigenvalue weighted by Gasteiger charge is -2.34. The van der Waals surface area contributed by atoms with Crippen LogP contribution in [0.25, 0.3) is 0 Å². The van der Waals surface area contributed by atoms with Gasteiger partial charge in [-0.15, -0.1) is 32.9 Å². The van der Waals surface area contributed by atoms with Crippen molar-refractivity contribution in [1.29, 1.82) is 5.26 Å². The molecule has 6 N–H and O–H groups in total. The van der Waals surface area contributed by atoms with E-state index in [0.717, 1.165) is 27.3 Å². The number of H-pyrrole nitrogens is 1. The molecule has 0 bridgehead atoms. The summed E-state index contributed by atoms with van der Waals surface area (Å²) in [6.45, 7) is 2.59. The van der Waals surface area contributed by atoms with Gasteiger partial charge in [0.05, 0.1) is 27.8 Å². The molecule has 3 aromatic rings. The van der Waals surface area contributed by atoms with Crippen LogP contribution in [-0.4, -0.2) is 68.4 Å². The van der Waals surface area contributed by atoms with Crippen LogP contribution in [0.1, 0.15) is 72.2 Å². The number of primary amides is 2. The minimum atomic E-state index is -0.985. The summed E-state index contributed by atoms with van der Waals surface area (Å²) in [5.74, 6) is -0.797. The molecular weight excluding hydrogens is 526 g/mol. The highest BCUT2D eigenvalue weighted by Crippen LogP contribution is 2.50. The zero-order valence-electron chi connectivity index (χ0n) is 20.7. The number of aromatic amines is 1. The van der Waals surface area contributed by atoms with Gasteiger partial charge in [0.1, 0.15) is 6.04 Å². The third-order valence-electron chi connectivity index (χ3n) is 7.27. The van der Waals surface area contributed by atoms with Gasteiger partial charge in [0.25, 0.3) is 11.8 Å². The predicted octanol–water partition coefficient (Wildman–Crippen LogP) is 0.836. The highest BCUT2D eigenvalue weighted by atomic mass is 32.1. The molecule has 1 aliphatic heterocycles. The van der Waals surface area contributed by atoms with E-state index in [9.17, 15) is 19.6 Å². The van der Waals surface area contributed by atoms with Crippen LogP contribution in [0.3, 0.4) is 0 Å². The van der Waals surface area contributed by atoms with Gasteiger partial charge in [-0.05, 0) is 62.3 Å². The third-order valence-corrected chi connectivity index (χ3v) is 9.68. The van der Waals surface area contributed by atoms with E-state index in [1.54, 1.807) is 17.0 Å². The van der Waals surface area contributed by atoms with E-state index in [-0.39, 0.29) is 18.5 Å². The monoisotopic (exact) mass is 553 g/mol. The normalized spacial score (nSPS) is 18.7. The van der Waals surface area contributed by atoms with Gasteiger partial charge < -0.3 is 21.7 Å². The number of fused-ring (bicyclic) bond motifs is 2. The molecule has 1 saturated heterocycles. The minimum absolute atomic E-state index is 0.0632. The molecule has 12 nitrogen and oxygen atoms in total. The van der Waals surface area contributed by atoms with Crippen molar-refractivity contribution >= 4 is 40.4 Å². The van der Waals surface area contributed by atoms with Gasteiger partial charge in [-0.25, -0.2) is 0 Å². The number of aryl methyl sites for hydroxylation is 2. The lowest BCUT2D eigenvalue weighted by atomic mass is 9.70. The molecule has 5 rings (SSSR count). The average molecular weight is 554 g/mol. The van der Waals surface area contributed by atoms with Crippen LogP contribution in [-0.2, 0) is 23.1 Å². The highest BCUT2D eigenvalue weighted by Gasteiger charge is 2.47. The summed E-state index contributed by atoms with van der Waals surface area (Å²) < 4.78 is 0. The van der Waals surface area contributed by atoms with Crippen LogP contribution in [0, 0.1) is 11.3 Å². The van der Waals surface area contributed by atoms with Gasteiger partial charge >= 0.3 is 0 Å². The Kier molecular flexibility index (Phi) is 6.99. The molecule has 1 aliphatic carbocycles. The van der Waals surface area contributed by atoms with Crippen LogP contribution in [0.15, 0.2) is 12.1 Å². The Morgan fingerprint density at radius 3 is 2.37 bits per heavy atom. The number of amides is 3. The fourth-order valence-corrected chi connectivity index (χ4v) is 7.74. The van der Waals surface area contributed by atoms with Gasteiger partial charge in [-0.3, -0.25) is 14.4 Å². The average Bonchev–Trinajstić information content (AvgIpc) is 3.70. The maximum Gasteiger partial charge on any atom is 0.258 e. The van der Waals surface area contributed by atoms with Crippen LogP contribution >= 0.6 is 22.7 Å². The zero-order chi connectivity index (χ0) is 27.0. The number of nitrogens with zero attached hydrogens (tertiary/aromatic N) is 5. The van der Waals surface area contributed by atoms with Crippen LogP contribution in [0.4, 0.5) is 0 Å². The smallest absolute Gasteiger partial charge is 0.258 e. The summed E-state index contributed by atoms with van der Waals surface area (Å²) in [5, 5.41) is 27.8. The van der Waals surface area contributed by atoms with Gasteiger partial charge in [0, 0.05) is 22.3 Å². The number of carbonyl (C=O) groups is 3.